The molecule has 2 aliphatic rings. The summed E-state index contributed by atoms with van der Waals surface area (Å²) in [4.78, 5) is 17.7. The highest BCUT2D eigenvalue weighted by Crippen LogP contribution is 2.34. The average molecular weight is 445 g/mol. The highest BCUT2D eigenvalue weighted by molar-refractivity contribution is 9.10. The van der Waals surface area contributed by atoms with Gasteiger partial charge < -0.3 is 4.74 Å². The van der Waals surface area contributed by atoms with Crippen molar-refractivity contribution in [1.82, 2.24) is 10.3 Å². The fourth-order valence-electron chi connectivity index (χ4n) is 3.09. The molecule has 1 atom stereocenters. The van der Waals surface area contributed by atoms with E-state index in [1.807, 2.05) is 49.4 Å². The van der Waals surface area contributed by atoms with Crippen LogP contribution in [0.4, 0.5) is 0 Å². The Labute approximate surface area is 169 Å². The number of methoxy groups -OCH3 is 1. The van der Waals surface area contributed by atoms with Crippen molar-refractivity contribution in [2.45, 2.75) is 13.1 Å². The van der Waals surface area contributed by atoms with E-state index in [-0.39, 0.29) is 5.91 Å². The molecule has 2 heterocycles. The van der Waals surface area contributed by atoms with Crippen LogP contribution in [-0.4, -0.2) is 28.9 Å². The lowest BCUT2D eigenvalue weighted by atomic mass is 10.1. The summed E-state index contributed by atoms with van der Waals surface area (Å²) in [7, 11) is 1.63. The first kappa shape index (κ1) is 18.1. The summed E-state index contributed by atoms with van der Waals surface area (Å²) < 4.78 is 6.15. The lowest BCUT2D eigenvalue weighted by Gasteiger charge is -2.34. The summed E-state index contributed by atoms with van der Waals surface area (Å²) in [6, 6.07) is 13.4. The zero-order chi connectivity index (χ0) is 19.0. The van der Waals surface area contributed by atoms with Crippen molar-refractivity contribution in [3.63, 3.8) is 0 Å². The number of hydrazone groups is 1. The number of para-hydroxylation sites is 1. The highest BCUT2D eigenvalue weighted by atomic mass is 79.9. The molecule has 2 aliphatic heterocycles. The first-order valence-corrected chi connectivity index (χ1v) is 10.2. The fraction of sp³-hybridized carbons (Fsp3) is 0.211. The van der Waals surface area contributed by atoms with Crippen molar-refractivity contribution in [1.29, 1.82) is 0 Å². The molecule has 27 heavy (non-hydrogen) atoms. The van der Waals surface area contributed by atoms with Gasteiger partial charge in [0.25, 0.3) is 5.91 Å². The monoisotopic (exact) mass is 444 g/mol. The van der Waals surface area contributed by atoms with Crippen LogP contribution >= 0.6 is 27.7 Å². The first-order valence-electron chi connectivity index (χ1n) is 8.45. The van der Waals surface area contributed by atoms with E-state index in [2.05, 4.69) is 26.3 Å². The zero-order valence-corrected chi connectivity index (χ0v) is 17.2. The van der Waals surface area contributed by atoms with Crippen LogP contribution in [0.25, 0.3) is 5.70 Å². The number of benzene rings is 2. The number of carbonyl (C=O) groups is 1. The average Bonchev–Trinajstić information content (AvgIpc) is 2.67. The molecule has 0 unspecified atom stereocenters. The maximum absolute atomic E-state index is 12.9. The molecule has 0 aromatic heterocycles. The molecule has 0 aliphatic carbocycles. The number of nitrogens with one attached hydrogen (secondary N) is 1. The number of ether oxygens (including phenoxy) is 1. The van der Waals surface area contributed by atoms with Gasteiger partial charge in [-0.25, -0.2) is 5.01 Å². The number of halogens is 1. The van der Waals surface area contributed by atoms with E-state index in [1.165, 1.54) is 11.8 Å². The highest BCUT2D eigenvalue weighted by Gasteiger charge is 2.34. The van der Waals surface area contributed by atoms with Crippen molar-refractivity contribution in [2.24, 2.45) is 10.1 Å². The molecule has 8 heteroatoms. The molecule has 2 aromatic carbocycles. The van der Waals surface area contributed by atoms with E-state index < -0.39 is 6.17 Å². The Morgan fingerprint density at radius 2 is 2.11 bits per heavy atom. The molecule has 2 aromatic rings. The second-order valence-corrected chi connectivity index (χ2v) is 8.01. The Morgan fingerprint density at radius 3 is 2.85 bits per heavy atom. The van der Waals surface area contributed by atoms with Crippen molar-refractivity contribution in [3.05, 3.63) is 63.1 Å². The Kier molecular flexibility index (Phi) is 4.92. The quantitative estimate of drug-likeness (QED) is 0.788. The minimum absolute atomic E-state index is 0.166. The van der Waals surface area contributed by atoms with E-state index in [1.54, 1.807) is 12.1 Å². The normalized spacial score (nSPS) is 18.1. The van der Waals surface area contributed by atoms with Gasteiger partial charge >= 0.3 is 0 Å². The van der Waals surface area contributed by atoms with Gasteiger partial charge in [-0.1, -0.05) is 43.0 Å². The van der Waals surface area contributed by atoms with Gasteiger partial charge in [0.05, 0.1) is 16.9 Å². The van der Waals surface area contributed by atoms with Crippen LogP contribution < -0.4 is 20.6 Å². The lowest BCUT2D eigenvalue weighted by molar-refractivity contribution is -0.116. The van der Waals surface area contributed by atoms with Gasteiger partial charge in [-0.15, -0.1) is 5.10 Å². The Morgan fingerprint density at radius 1 is 1.30 bits per heavy atom. The van der Waals surface area contributed by atoms with Gasteiger partial charge in [-0.05, 0) is 45.4 Å². The summed E-state index contributed by atoms with van der Waals surface area (Å²) in [5.74, 6) is 1.39. The number of fused-ring (bicyclic) bond motifs is 2. The van der Waals surface area contributed by atoms with Crippen molar-refractivity contribution >= 4 is 44.5 Å². The minimum atomic E-state index is -0.435. The lowest BCUT2D eigenvalue weighted by Crippen LogP contribution is -2.50. The molecule has 138 valence electrons. The first-order chi connectivity index (χ1) is 13.1. The second kappa shape index (κ2) is 7.36. The molecule has 0 saturated heterocycles. The molecule has 4 rings (SSSR count). The molecule has 0 bridgehead atoms. The number of rotatable bonds is 3. The molecule has 0 fully saturated rings. The number of hydrogen-bond acceptors (Lipinski definition) is 6. The van der Waals surface area contributed by atoms with Crippen LogP contribution in [0.3, 0.4) is 0 Å². The third-order valence-electron chi connectivity index (χ3n) is 4.27. The van der Waals surface area contributed by atoms with Gasteiger partial charge in [-0.2, -0.15) is 0 Å². The Hall–Kier alpha value is -2.32. The van der Waals surface area contributed by atoms with E-state index in [9.17, 15) is 4.79 Å². The van der Waals surface area contributed by atoms with Crippen molar-refractivity contribution < 1.29 is 9.53 Å². The van der Waals surface area contributed by atoms with Crippen LogP contribution in [0.1, 0.15) is 18.7 Å². The van der Waals surface area contributed by atoms with Gasteiger partial charge in [-0.3, -0.25) is 15.1 Å². The molecular formula is C19H17BrN4O2S. The van der Waals surface area contributed by atoms with Crippen LogP contribution in [0.5, 0.6) is 5.75 Å². The topological polar surface area (TPSA) is 66.3 Å². The van der Waals surface area contributed by atoms with Gasteiger partial charge in [0.1, 0.15) is 11.4 Å². The van der Waals surface area contributed by atoms with Crippen molar-refractivity contribution in [2.75, 3.05) is 12.9 Å². The predicted molar refractivity (Wildman–Crippen MR) is 110 cm³/mol. The van der Waals surface area contributed by atoms with Crippen molar-refractivity contribution in [3.8, 4) is 5.75 Å². The van der Waals surface area contributed by atoms with E-state index >= 15 is 0 Å². The molecule has 0 spiro atoms. The molecular weight excluding hydrogens is 428 g/mol. The molecule has 1 amide bonds. The molecule has 0 radical (unpaired) electrons. The molecule has 1 N–H and O–H groups in total. The summed E-state index contributed by atoms with van der Waals surface area (Å²) in [6.07, 6.45) is -0.435. The Bertz CT molecular complexity index is 1070. The summed E-state index contributed by atoms with van der Waals surface area (Å²) >= 11 is 5.02. The van der Waals surface area contributed by atoms with Crippen LogP contribution in [-0.2, 0) is 4.79 Å². The molecule has 0 saturated carbocycles. The maximum Gasteiger partial charge on any atom is 0.276 e. The third kappa shape index (κ3) is 3.23. The number of amidine groups is 1. The van der Waals surface area contributed by atoms with Gasteiger partial charge in [0, 0.05) is 5.22 Å². The number of nitrogens with zero attached hydrogens (tertiary/aromatic N) is 3. The molecule has 6 nitrogen and oxygen atoms in total. The van der Waals surface area contributed by atoms with Gasteiger partial charge in [0.2, 0.25) is 0 Å². The van der Waals surface area contributed by atoms with Crippen LogP contribution in [0, 0.1) is 0 Å². The summed E-state index contributed by atoms with van der Waals surface area (Å²) in [6.45, 7) is 2.02. The van der Waals surface area contributed by atoms with E-state index in [4.69, 9.17) is 9.73 Å². The fourth-order valence-corrected chi connectivity index (χ4v) is 4.23. The largest absolute Gasteiger partial charge is 0.496 e. The second-order valence-electron chi connectivity index (χ2n) is 5.90. The number of amides is 1. The maximum atomic E-state index is 12.9. The van der Waals surface area contributed by atoms with Crippen LogP contribution in [0.2, 0.25) is 0 Å². The van der Waals surface area contributed by atoms with E-state index in [0.717, 1.165) is 32.1 Å². The van der Waals surface area contributed by atoms with Crippen LogP contribution in [0.15, 0.2) is 57.0 Å². The Balaban J connectivity index is 1.92. The van der Waals surface area contributed by atoms with E-state index in [0.29, 0.717) is 10.9 Å². The standard InChI is InChI=1S/C19H17BrN4O2S/c1-3-27-19-22-18(25)16-12-6-4-5-7-14(12)21-17(24(16)23-19)11-8-9-15(26-2)13(20)10-11/h4-10,17H,3H2,1-2H3,(H,22,23,25)/t17-/m0/s1. The number of hydrogen-bond donors (Lipinski definition) is 1. The minimum Gasteiger partial charge on any atom is -0.496 e. The third-order valence-corrected chi connectivity index (χ3v) is 5.64. The predicted octanol–water partition coefficient (Wildman–Crippen LogP) is 2.35. The SMILES string of the molecule is CCSC1=NN2C(=c3ccccc3=N[C@@H]2c2ccc(OC)c(Br)c2)C(=O)N1. The summed E-state index contributed by atoms with van der Waals surface area (Å²) in [5, 5.41) is 11.4. The number of thioether (sulfide) groups is 1. The smallest absolute Gasteiger partial charge is 0.276 e. The number of carbonyl (C=O) groups excluding carboxylic acids is 1. The van der Waals surface area contributed by atoms with Gasteiger partial charge in [0.15, 0.2) is 11.3 Å². The summed E-state index contributed by atoms with van der Waals surface area (Å²) in [5.41, 5.74) is 1.42. The zero-order valence-electron chi connectivity index (χ0n) is 14.8.